The van der Waals surface area contributed by atoms with E-state index in [1.807, 2.05) is 12.1 Å². The van der Waals surface area contributed by atoms with Crippen molar-refractivity contribution in [3.05, 3.63) is 68.7 Å². The fraction of sp³-hybridized carbons (Fsp3) is 0.143. The third-order valence-electron chi connectivity index (χ3n) is 3.00. The Morgan fingerprint density at radius 3 is 2.45 bits per heavy atom. The smallest absolute Gasteiger partial charge is 0.269 e. The van der Waals surface area contributed by atoms with Crippen molar-refractivity contribution in [1.29, 1.82) is 0 Å². The zero-order valence-corrected chi connectivity index (χ0v) is 11.5. The van der Waals surface area contributed by atoms with Gasteiger partial charge in [0.15, 0.2) is 0 Å². The molecule has 0 heterocycles. The first-order chi connectivity index (χ1) is 9.52. The van der Waals surface area contributed by atoms with Gasteiger partial charge < -0.3 is 10.4 Å². The number of hydrogen-bond donors (Lipinski definition) is 2. The van der Waals surface area contributed by atoms with Crippen LogP contribution in [0.1, 0.15) is 17.2 Å². The second-order valence-electron chi connectivity index (χ2n) is 4.24. The molecule has 2 N–H and O–H groups in total. The molecule has 1 atom stereocenters. The largest absolute Gasteiger partial charge is 0.388 e. The van der Waals surface area contributed by atoms with Crippen molar-refractivity contribution in [3.63, 3.8) is 0 Å². The average molecular weight is 293 g/mol. The van der Waals surface area contributed by atoms with E-state index in [-0.39, 0.29) is 5.69 Å². The van der Waals surface area contributed by atoms with Gasteiger partial charge in [0.1, 0.15) is 6.10 Å². The van der Waals surface area contributed by atoms with Crippen molar-refractivity contribution < 1.29 is 10.0 Å². The first-order valence-electron chi connectivity index (χ1n) is 5.92. The van der Waals surface area contributed by atoms with Crippen LogP contribution in [-0.4, -0.2) is 17.1 Å². The highest BCUT2D eigenvalue weighted by atomic mass is 35.5. The Bertz CT molecular complexity index is 629. The average Bonchev–Trinajstić information content (AvgIpc) is 2.47. The minimum atomic E-state index is -1.01. The van der Waals surface area contributed by atoms with Gasteiger partial charge in [-0.25, -0.2) is 0 Å². The molecule has 0 aliphatic rings. The standard InChI is InChI=1S/C14H13ClN2O3/c1-16-10-4-2-9(3-5-10)14(18)12-8-11(17(19)20)6-7-13(12)15/h2-8,14,16,18H,1H3. The van der Waals surface area contributed by atoms with E-state index in [2.05, 4.69) is 5.32 Å². The van der Waals surface area contributed by atoms with Crippen molar-refractivity contribution in [3.8, 4) is 0 Å². The highest BCUT2D eigenvalue weighted by molar-refractivity contribution is 6.31. The molecular weight excluding hydrogens is 280 g/mol. The molecular formula is C14H13ClN2O3. The summed E-state index contributed by atoms with van der Waals surface area (Å²) < 4.78 is 0. The summed E-state index contributed by atoms with van der Waals surface area (Å²) in [5.74, 6) is 0. The summed E-state index contributed by atoms with van der Waals surface area (Å²) in [6.07, 6.45) is -1.01. The Morgan fingerprint density at radius 2 is 1.90 bits per heavy atom. The Labute approximate surface area is 121 Å². The number of aliphatic hydroxyl groups excluding tert-OH is 1. The lowest BCUT2D eigenvalue weighted by Crippen LogP contribution is -2.02. The van der Waals surface area contributed by atoms with Gasteiger partial charge in [0.2, 0.25) is 0 Å². The van der Waals surface area contributed by atoms with Crippen LogP contribution in [0, 0.1) is 10.1 Å². The first-order valence-corrected chi connectivity index (χ1v) is 6.30. The minimum Gasteiger partial charge on any atom is -0.388 e. The summed E-state index contributed by atoms with van der Waals surface area (Å²) in [5, 5.41) is 24.4. The van der Waals surface area contributed by atoms with Gasteiger partial charge in [0, 0.05) is 35.5 Å². The summed E-state index contributed by atoms with van der Waals surface area (Å²) in [6.45, 7) is 0. The number of non-ortho nitro benzene ring substituents is 1. The van der Waals surface area contributed by atoms with Gasteiger partial charge in [0.25, 0.3) is 5.69 Å². The second-order valence-corrected chi connectivity index (χ2v) is 4.64. The number of nitro benzene ring substituents is 1. The molecule has 2 rings (SSSR count). The van der Waals surface area contributed by atoms with Gasteiger partial charge in [-0.2, -0.15) is 0 Å². The molecule has 0 bridgehead atoms. The molecule has 0 amide bonds. The normalized spacial score (nSPS) is 11.9. The fourth-order valence-electron chi connectivity index (χ4n) is 1.87. The summed E-state index contributed by atoms with van der Waals surface area (Å²) >= 11 is 6.01. The third kappa shape index (κ3) is 2.89. The maximum Gasteiger partial charge on any atom is 0.269 e. The first kappa shape index (κ1) is 14.3. The number of benzene rings is 2. The predicted molar refractivity (Wildman–Crippen MR) is 78.2 cm³/mol. The lowest BCUT2D eigenvalue weighted by molar-refractivity contribution is -0.385. The maximum atomic E-state index is 10.8. The molecule has 1 unspecified atom stereocenters. The summed E-state index contributed by atoms with van der Waals surface area (Å²) in [7, 11) is 1.79. The van der Waals surface area contributed by atoms with Crippen LogP contribution in [0.3, 0.4) is 0 Å². The molecule has 0 aromatic heterocycles. The van der Waals surface area contributed by atoms with Gasteiger partial charge in [-0.05, 0) is 23.8 Å². The van der Waals surface area contributed by atoms with E-state index in [1.54, 1.807) is 19.2 Å². The maximum absolute atomic E-state index is 10.8. The van der Waals surface area contributed by atoms with Crippen LogP contribution in [0.5, 0.6) is 0 Å². The van der Waals surface area contributed by atoms with Crippen LogP contribution in [0.4, 0.5) is 11.4 Å². The van der Waals surface area contributed by atoms with Gasteiger partial charge in [-0.1, -0.05) is 23.7 Å². The Kier molecular flexibility index (Phi) is 4.22. The molecule has 0 saturated carbocycles. The number of halogens is 1. The second kappa shape index (κ2) is 5.90. The van der Waals surface area contributed by atoms with Crippen LogP contribution in [0.15, 0.2) is 42.5 Å². The molecule has 0 radical (unpaired) electrons. The fourth-order valence-corrected chi connectivity index (χ4v) is 2.09. The molecule has 2 aromatic rings. The van der Waals surface area contributed by atoms with E-state index in [1.165, 1.54) is 18.2 Å². The number of rotatable bonds is 4. The van der Waals surface area contributed by atoms with Crippen molar-refractivity contribution in [2.45, 2.75) is 6.10 Å². The molecule has 20 heavy (non-hydrogen) atoms. The van der Waals surface area contributed by atoms with Crippen molar-refractivity contribution in [1.82, 2.24) is 0 Å². The topological polar surface area (TPSA) is 75.4 Å². The minimum absolute atomic E-state index is 0.102. The lowest BCUT2D eigenvalue weighted by atomic mass is 10.0. The lowest BCUT2D eigenvalue weighted by Gasteiger charge is -2.13. The SMILES string of the molecule is CNc1ccc(C(O)c2cc([N+](=O)[O-])ccc2Cl)cc1. The van der Waals surface area contributed by atoms with Gasteiger partial charge >= 0.3 is 0 Å². The van der Waals surface area contributed by atoms with Crippen LogP contribution in [0.2, 0.25) is 5.02 Å². The monoisotopic (exact) mass is 292 g/mol. The van der Waals surface area contributed by atoms with E-state index >= 15 is 0 Å². The molecule has 0 aliphatic heterocycles. The number of nitrogens with zero attached hydrogens (tertiary/aromatic N) is 1. The highest BCUT2D eigenvalue weighted by Crippen LogP contribution is 2.31. The van der Waals surface area contributed by atoms with Crippen LogP contribution < -0.4 is 5.32 Å². The number of aliphatic hydroxyl groups is 1. The van der Waals surface area contributed by atoms with Crippen molar-refractivity contribution in [2.75, 3.05) is 12.4 Å². The predicted octanol–water partition coefficient (Wildman–Crippen LogP) is 3.37. The van der Waals surface area contributed by atoms with Crippen molar-refractivity contribution >= 4 is 23.0 Å². The Hall–Kier alpha value is -2.11. The third-order valence-corrected chi connectivity index (χ3v) is 3.34. The highest BCUT2D eigenvalue weighted by Gasteiger charge is 2.17. The Balaban J connectivity index is 2.38. The van der Waals surface area contributed by atoms with E-state index in [9.17, 15) is 15.2 Å². The zero-order valence-electron chi connectivity index (χ0n) is 10.7. The molecule has 0 fully saturated rings. The van der Waals surface area contributed by atoms with E-state index in [4.69, 9.17) is 11.6 Å². The summed E-state index contributed by atoms with van der Waals surface area (Å²) in [5.41, 5.74) is 1.74. The van der Waals surface area contributed by atoms with Gasteiger partial charge in [-0.3, -0.25) is 10.1 Å². The number of nitrogens with one attached hydrogen (secondary N) is 1. The van der Waals surface area contributed by atoms with Gasteiger partial charge in [-0.15, -0.1) is 0 Å². The number of hydrogen-bond acceptors (Lipinski definition) is 4. The van der Waals surface area contributed by atoms with Crippen LogP contribution in [-0.2, 0) is 0 Å². The molecule has 6 heteroatoms. The molecule has 2 aromatic carbocycles. The molecule has 5 nitrogen and oxygen atoms in total. The number of nitro groups is 1. The number of anilines is 1. The molecule has 104 valence electrons. The molecule has 0 saturated heterocycles. The van der Waals surface area contributed by atoms with E-state index in [0.717, 1.165) is 5.69 Å². The Morgan fingerprint density at radius 1 is 1.25 bits per heavy atom. The summed E-state index contributed by atoms with van der Waals surface area (Å²) in [6, 6.07) is 11.1. The van der Waals surface area contributed by atoms with Crippen LogP contribution >= 0.6 is 11.6 Å². The molecule has 0 spiro atoms. The zero-order chi connectivity index (χ0) is 14.7. The van der Waals surface area contributed by atoms with E-state index < -0.39 is 11.0 Å². The van der Waals surface area contributed by atoms with E-state index in [0.29, 0.717) is 16.1 Å². The molecule has 0 aliphatic carbocycles. The summed E-state index contributed by atoms with van der Waals surface area (Å²) in [4.78, 5) is 10.3. The van der Waals surface area contributed by atoms with Crippen molar-refractivity contribution in [2.24, 2.45) is 0 Å². The van der Waals surface area contributed by atoms with Crippen LogP contribution in [0.25, 0.3) is 0 Å². The quantitative estimate of drug-likeness (QED) is 0.669. The van der Waals surface area contributed by atoms with Gasteiger partial charge in [0.05, 0.1) is 4.92 Å².